The second kappa shape index (κ2) is 26.7. The van der Waals surface area contributed by atoms with E-state index in [4.69, 9.17) is 32.5 Å². The first-order valence-electron chi connectivity index (χ1n) is 21.1. The van der Waals surface area contributed by atoms with Crippen LogP contribution in [0.4, 0.5) is 24.3 Å². The van der Waals surface area contributed by atoms with Gasteiger partial charge in [0.05, 0.1) is 13.2 Å². The van der Waals surface area contributed by atoms with Gasteiger partial charge in [0.25, 0.3) is 11.8 Å². The fourth-order valence-corrected chi connectivity index (χ4v) is 6.54. The van der Waals surface area contributed by atoms with Crippen LogP contribution >= 0.6 is 11.6 Å². The number of aromatic nitrogens is 8. The summed E-state index contributed by atoms with van der Waals surface area (Å²) in [5, 5.41) is 24.4. The predicted octanol–water partition coefficient (Wildman–Crippen LogP) is 0.423. The minimum absolute atomic E-state index is 0. The number of esters is 2. The van der Waals surface area contributed by atoms with Crippen molar-refractivity contribution in [2.75, 3.05) is 51.9 Å². The maximum Gasteiger partial charge on any atom is 1.00 e. The van der Waals surface area contributed by atoms with E-state index >= 15 is 0 Å². The Morgan fingerprint density at radius 2 is 1.39 bits per heavy atom. The van der Waals surface area contributed by atoms with E-state index in [9.17, 15) is 42.3 Å². The summed E-state index contributed by atoms with van der Waals surface area (Å²) in [6.07, 6.45) is 8.52. The number of anilines is 2. The summed E-state index contributed by atoms with van der Waals surface area (Å²) in [6, 6.07) is 18.7. The number of aliphatic hydroxyl groups is 2. The van der Waals surface area contributed by atoms with Crippen LogP contribution in [0.1, 0.15) is 58.8 Å². The number of imidazole rings is 1. The van der Waals surface area contributed by atoms with Crippen LogP contribution in [0.5, 0.6) is 0 Å². The van der Waals surface area contributed by atoms with Gasteiger partial charge in [-0.15, -0.1) is 5.92 Å². The summed E-state index contributed by atoms with van der Waals surface area (Å²) in [6.45, 7) is 4.75. The molecule has 2 aromatic carbocycles. The van der Waals surface area contributed by atoms with E-state index < -0.39 is 36.6 Å². The van der Waals surface area contributed by atoms with Gasteiger partial charge in [0.1, 0.15) is 17.7 Å². The fourth-order valence-electron chi connectivity index (χ4n) is 6.38. The molecule has 0 spiro atoms. The van der Waals surface area contributed by atoms with Gasteiger partial charge in [-0.3, -0.25) is 27.1 Å². The quantitative estimate of drug-likeness (QED) is 0.0555. The first-order valence-corrected chi connectivity index (χ1v) is 21.5. The first-order chi connectivity index (χ1) is 33.8. The van der Waals surface area contributed by atoms with Crippen molar-refractivity contribution < 1.29 is 103 Å². The average molecular weight is 1040 g/mol. The number of carbonyl (C=O) groups excluding carboxylic acids is 4. The van der Waals surface area contributed by atoms with Crippen molar-refractivity contribution >= 4 is 54.3 Å². The Kier molecular flexibility index (Phi) is 21.5. The van der Waals surface area contributed by atoms with E-state index in [1.54, 1.807) is 99.8 Å². The number of amides is 2. The molecule has 20 nitrogen and oxygen atoms in total. The molecule has 0 unspecified atom stereocenters. The van der Waals surface area contributed by atoms with E-state index in [0.717, 1.165) is 5.56 Å². The maximum absolute atomic E-state index is 12.5. The molecular formula is C46H44BClF3KN12O8. The number of hydrogen-bond acceptors (Lipinski definition) is 16. The Bertz CT molecular complexity index is 2980. The molecule has 0 bridgehead atoms. The largest absolute Gasteiger partial charge is 1.00 e. The summed E-state index contributed by atoms with van der Waals surface area (Å²) in [5.74, 6) is 9.71. The van der Waals surface area contributed by atoms with Gasteiger partial charge in [-0.25, -0.2) is 34.2 Å². The maximum atomic E-state index is 12.5. The zero-order chi connectivity index (χ0) is 51.9. The number of benzene rings is 2. The average Bonchev–Trinajstić information content (AvgIpc) is 4.19. The fraction of sp³-hybridized carbons (Fsp3) is 0.261. The molecule has 2 saturated heterocycles. The molecule has 8 rings (SSSR count). The normalized spacial score (nSPS) is 16.4. The first kappa shape index (κ1) is 57.9. The summed E-state index contributed by atoms with van der Waals surface area (Å²) < 4.78 is 41.9. The third-order valence-electron chi connectivity index (χ3n) is 9.91. The van der Waals surface area contributed by atoms with Gasteiger partial charge in [0.2, 0.25) is 16.5 Å². The molecule has 6 heterocycles. The molecule has 0 saturated carbocycles. The number of likely N-dealkylation sites (N-methyl/N-ethyl adjacent to an activating group) is 2. The van der Waals surface area contributed by atoms with Crippen LogP contribution in [-0.2, 0) is 19.1 Å². The van der Waals surface area contributed by atoms with Crippen LogP contribution in [0.2, 0.25) is 5.28 Å². The molecule has 2 atom stereocenters. The van der Waals surface area contributed by atoms with Crippen molar-refractivity contribution in [2.45, 2.75) is 37.9 Å². The van der Waals surface area contributed by atoms with Crippen LogP contribution in [0.3, 0.4) is 0 Å². The van der Waals surface area contributed by atoms with Crippen molar-refractivity contribution in [3.05, 3.63) is 120 Å². The van der Waals surface area contributed by atoms with Gasteiger partial charge in [0.15, 0.2) is 28.8 Å². The molecule has 6 N–H and O–H groups in total. The van der Waals surface area contributed by atoms with Gasteiger partial charge in [-0.2, -0.15) is 40.4 Å². The van der Waals surface area contributed by atoms with Crippen molar-refractivity contribution in [3.63, 3.8) is 0 Å². The van der Waals surface area contributed by atoms with Crippen LogP contribution in [0.25, 0.3) is 23.0 Å². The van der Waals surface area contributed by atoms with E-state index in [1.165, 1.54) is 20.8 Å². The van der Waals surface area contributed by atoms with Crippen LogP contribution in [0, 0.1) is 29.7 Å². The number of carbonyl (C=O) groups is 4. The minimum atomic E-state index is -3.67. The molecule has 4 aromatic heterocycles. The SMILES string of the molecule is CCOC(=O)c1nc(-c2cccc(C#C[C@]3(O)CCN(C)C3=O)c2)nc(-n2ccnc2)c1N.CCOC(=O)c1nc(Cl)nc(-n2cccn2)c1N.CN1CC[C@@](O)(C#Cc2c[c-]ccc2)C1=O.FB(F)F.[K+]. The van der Waals surface area contributed by atoms with Gasteiger partial charge in [-0.1, -0.05) is 35.5 Å². The van der Waals surface area contributed by atoms with Crippen LogP contribution in [0.15, 0.2) is 85.7 Å². The molecular weight excluding hydrogens is 991 g/mol. The van der Waals surface area contributed by atoms with Crippen molar-refractivity contribution in [2.24, 2.45) is 0 Å². The zero-order valence-corrected chi connectivity index (χ0v) is 43.3. The number of ether oxygens (including phenoxy) is 2. The Morgan fingerprint density at radius 1 is 0.819 bits per heavy atom. The van der Waals surface area contributed by atoms with Gasteiger partial charge in [0, 0.05) is 75.9 Å². The molecule has 2 aliphatic rings. The smallest absolute Gasteiger partial charge is 0.461 e. The topological polar surface area (TPSA) is 273 Å². The predicted molar refractivity (Wildman–Crippen MR) is 252 cm³/mol. The second-order valence-electron chi connectivity index (χ2n) is 14.9. The summed E-state index contributed by atoms with van der Waals surface area (Å²) in [4.78, 5) is 71.4. The Morgan fingerprint density at radius 3 is 1.89 bits per heavy atom. The number of halogens is 4. The number of rotatable bonds is 7. The van der Waals surface area contributed by atoms with E-state index in [0.29, 0.717) is 30.6 Å². The minimum Gasteiger partial charge on any atom is -0.461 e. The molecule has 2 amide bonds. The van der Waals surface area contributed by atoms with Crippen molar-refractivity contribution in [1.29, 1.82) is 0 Å². The third kappa shape index (κ3) is 15.2. The number of nitrogens with two attached hydrogens (primary N) is 2. The van der Waals surface area contributed by atoms with Gasteiger partial charge in [-0.05, 0) is 43.6 Å². The number of likely N-dealkylation sites (tertiary alicyclic amines) is 2. The Hall–Kier alpha value is -6.68. The van der Waals surface area contributed by atoms with Crippen molar-refractivity contribution in [3.8, 4) is 46.7 Å². The molecule has 0 aliphatic carbocycles. The molecule has 26 heteroatoms. The Labute approximate surface area is 458 Å². The number of nitrogens with zero attached hydrogens (tertiary/aromatic N) is 10. The molecule has 368 valence electrons. The summed E-state index contributed by atoms with van der Waals surface area (Å²) in [5.41, 5.74) is 10.7. The van der Waals surface area contributed by atoms with Crippen molar-refractivity contribution in [1.82, 2.24) is 49.1 Å². The van der Waals surface area contributed by atoms with E-state index in [1.807, 2.05) is 12.1 Å². The Balaban J connectivity index is 0.000000243. The van der Waals surface area contributed by atoms with E-state index in [2.05, 4.69) is 59.8 Å². The third-order valence-corrected chi connectivity index (χ3v) is 10.1. The van der Waals surface area contributed by atoms with Crippen LogP contribution < -0.4 is 62.9 Å². The number of nitrogen functional groups attached to an aromatic ring is 2. The summed E-state index contributed by atoms with van der Waals surface area (Å²) >= 11 is 5.76. The van der Waals surface area contributed by atoms with Gasteiger partial charge >= 0.3 is 70.9 Å². The molecule has 2 fully saturated rings. The molecule has 2 aliphatic heterocycles. The zero-order valence-electron chi connectivity index (χ0n) is 39.4. The number of hydrogen-bond donors (Lipinski definition) is 4. The molecule has 6 aromatic rings. The van der Waals surface area contributed by atoms with Crippen LogP contribution in [-0.4, -0.2) is 142 Å². The van der Waals surface area contributed by atoms with E-state index in [-0.39, 0.29) is 122 Å². The molecule has 0 radical (unpaired) electrons. The molecule has 72 heavy (non-hydrogen) atoms. The standard InChI is InChI=1S/C23H22N6O4.C13H12NO2.C10H10ClN5O2.BF3.K/c1-3-33-21(30)18-17(24)20(29-12-10-25-14-29)27-19(26-18)16-6-4-5-15(13-16)7-8-23(32)9-11-28(2)22(23)31;1-14-10-9-13(16,12(14)15)8-7-11-5-3-2-4-6-11;1-2-18-9(17)7-6(12)8(15-10(11)14-7)16-5-3-4-13-16;2-1(3)4;/h4-6,10,12-14,32H,3,9,11,24H2,1-2H3;2-3,5-6,16H,9-10H2,1H3;3-5H,2,12H2,1H3;;/q;-1;;;+1/t23-;13-;;;/m00.../s1. The monoisotopic (exact) mass is 1030 g/mol. The second-order valence-corrected chi connectivity index (χ2v) is 15.2. The summed E-state index contributed by atoms with van der Waals surface area (Å²) in [7, 11) is -0.377. The van der Waals surface area contributed by atoms with Gasteiger partial charge < -0.3 is 41.0 Å².